The summed E-state index contributed by atoms with van der Waals surface area (Å²) in [4.78, 5) is 7.61. The second-order valence-electron chi connectivity index (χ2n) is 9.66. The van der Waals surface area contributed by atoms with E-state index in [1.165, 1.54) is 24.0 Å². The third kappa shape index (κ3) is 5.35. The summed E-state index contributed by atoms with van der Waals surface area (Å²) in [5.41, 5.74) is 4.24. The highest BCUT2D eigenvalue weighted by Crippen LogP contribution is 2.36. The first-order chi connectivity index (χ1) is 13.7. The van der Waals surface area contributed by atoms with Crippen LogP contribution in [0.2, 0.25) is 0 Å². The molecule has 1 unspecified atom stereocenters. The Morgan fingerprint density at radius 2 is 1.90 bits per heavy atom. The van der Waals surface area contributed by atoms with Gasteiger partial charge in [-0.3, -0.25) is 0 Å². The van der Waals surface area contributed by atoms with Crippen LogP contribution in [0.4, 0.5) is 5.69 Å². The molecule has 29 heavy (non-hydrogen) atoms. The number of fused-ring (bicyclic) bond motifs is 1. The maximum absolute atomic E-state index is 9.49. The van der Waals surface area contributed by atoms with Crippen LogP contribution >= 0.6 is 11.8 Å². The molecule has 5 heteroatoms. The number of thioether (sulfide) groups is 1. The summed E-state index contributed by atoms with van der Waals surface area (Å²) in [6.45, 7) is 14.1. The van der Waals surface area contributed by atoms with E-state index in [9.17, 15) is 5.26 Å². The topological polar surface area (TPSA) is 48.6 Å². The summed E-state index contributed by atoms with van der Waals surface area (Å²) in [6.07, 6.45) is 4.52. The Morgan fingerprint density at radius 3 is 2.52 bits per heavy atom. The zero-order valence-corrected chi connectivity index (χ0v) is 19.6. The molecule has 1 aromatic rings. The highest BCUT2D eigenvalue weighted by molar-refractivity contribution is 8.14. The van der Waals surface area contributed by atoms with E-state index >= 15 is 0 Å². The average Bonchev–Trinajstić information content (AvgIpc) is 3.02. The number of nitrogens with zero attached hydrogens (tertiary/aromatic N) is 3. The molecule has 4 nitrogen and oxygen atoms in total. The Bertz CT molecular complexity index is 804. The second kappa shape index (κ2) is 9.10. The highest BCUT2D eigenvalue weighted by Gasteiger charge is 2.36. The van der Waals surface area contributed by atoms with Gasteiger partial charge in [-0.15, -0.1) is 0 Å². The van der Waals surface area contributed by atoms with E-state index in [4.69, 9.17) is 9.73 Å². The van der Waals surface area contributed by atoms with Crippen molar-refractivity contribution in [2.75, 3.05) is 12.3 Å². The van der Waals surface area contributed by atoms with Crippen molar-refractivity contribution in [2.24, 2.45) is 10.9 Å². The predicted octanol–water partition coefficient (Wildman–Crippen LogP) is 5.70. The van der Waals surface area contributed by atoms with Gasteiger partial charge < -0.3 is 9.64 Å². The fourth-order valence-corrected chi connectivity index (χ4v) is 5.67. The fraction of sp³-hybridized carbons (Fsp3) is 0.667. The van der Waals surface area contributed by atoms with Crippen molar-refractivity contribution in [1.82, 2.24) is 4.90 Å². The van der Waals surface area contributed by atoms with Crippen LogP contribution in [0.5, 0.6) is 0 Å². The SMILES string of the molecule is CC(C)CN1C(=Nc2ccc(C#N)c3c2CCCC3)SC[C@@H]1C(C)OC(C)(C)C. The lowest BCUT2D eigenvalue weighted by Crippen LogP contribution is -2.46. The fourth-order valence-electron chi connectivity index (χ4n) is 4.36. The van der Waals surface area contributed by atoms with Crippen molar-refractivity contribution in [2.45, 2.75) is 85.0 Å². The average molecular weight is 414 g/mol. The number of benzene rings is 1. The summed E-state index contributed by atoms with van der Waals surface area (Å²) < 4.78 is 6.31. The van der Waals surface area contributed by atoms with Gasteiger partial charge in [0.25, 0.3) is 0 Å². The van der Waals surface area contributed by atoms with E-state index in [-0.39, 0.29) is 11.7 Å². The van der Waals surface area contributed by atoms with E-state index in [0.29, 0.717) is 12.0 Å². The maximum Gasteiger partial charge on any atom is 0.164 e. The second-order valence-corrected chi connectivity index (χ2v) is 10.6. The van der Waals surface area contributed by atoms with Crippen molar-refractivity contribution in [3.05, 3.63) is 28.8 Å². The van der Waals surface area contributed by atoms with Crippen LogP contribution in [0.3, 0.4) is 0 Å². The molecule has 1 saturated heterocycles. The molecule has 158 valence electrons. The van der Waals surface area contributed by atoms with Crippen LogP contribution in [0.1, 0.15) is 71.1 Å². The zero-order valence-electron chi connectivity index (χ0n) is 18.8. The van der Waals surface area contributed by atoms with Gasteiger partial charge in [-0.05, 0) is 82.6 Å². The van der Waals surface area contributed by atoms with Crippen LogP contribution in [-0.2, 0) is 17.6 Å². The lowest BCUT2D eigenvalue weighted by molar-refractivity contribution is -0.0737. The molecule has 1 heterocycles. The third-order valence-electron chi connectivity index (χ3n) is 5.52. The Hall–Kier alpha value is -1.51. The van der Waals surface area contributed by atoms with Crippen LogP contribution in [-0.4, -0.2) is 40.1 Å². The largest absolute Gasteiger partial charge is 0.371 e. The molecular formula is C24H35N3OS. The Balaban J connectivity index is 1.93. The zero-order chi connectivity index (χ0) is 21.2. The smallest absolute Gasteiger partial charge is 0.164 e. The molecular weight excluding hydrogens is 378 g/mol. The summed E-state index contributed by atoms with van der Waals surface area (Å²) in [5.74, 6) is 1.56. The van der Waals surface area contributed by atoms with Gasteiger partial charge in [0, 0.05) is 12.3 Å². The molecule has 1 aromatic carbocycles. The van der Waals surface area contributed by atoms with Crippen molar-refractivity contribution in [3.63, 3.8) is 0 Å². The van der Waals surface area contributed by atoms with Crippen molar-refractivity contribution < 1.29 is 4.74 Å². The molecule has 1 aliphatic carbocycles. The first-order valence-corrected chi connectivity index (χ1v) is 11.9. The number of hydrogen-bond donors (Lipinski definition) is 0. The lowest BCUT2D eigenvalue weighted by atomic mass is 9.87. The Kier molecular flexibility index (Phi) is 6.96. The molecule has 0 aromatic heterocycles. The lowest BCUT2D eigenvalue weighted by Gasteiger charge is -2.35. The molecule has 1 fully saturated rings. The first-order valence-electron chi connectivity index (χ1n) is 10.9. The Morgan fingerprint density at radius 1 is 1.21 bits per heavy atom. The number of nitriles is 1. The quantitative estimate of drug-likeness (QED) is 0.621. The number of amidine groups is 1. The van der Waals surface area contributed by atoms with E-state index in [1.54, 1.807) is 0 Å². The van der Waals surface area contributed by atoms with Crippen LogP contribution < -0.4 is 0 Å². The van der Waals surface area contributed by atoms with Crippen LogP contribution in [0.15, 0.2) is 17.1 Å². The van der Waals surface area contributed by atoms with Gasteiger partial charge >= 0.3 is 0 Å². The third-order valence-corrected chi connectivity index (χ3v) is 6.61. The molecule has 2 atom stereocenters. The van der Waals surface area contributed by atoms with E-state index < -0.39 is 0 Å². The van der Waals surface area contributed by atoms with Crippen LogP contribution in [0, 0.1) is 17.2 Å². The normalized spacial score (nSPS) is 22.1. The number of rotatable bonds is 5. The molecule has 0 bridgehead atoms. The van der Waals surface area contributed by atoms with E-state index in [2.05, 4.69) is 52.5 Å². The molecule has 0 saturated carbocycles. The van der Waals surface area contributed by atoms with Gasteiger partial charge in [0.15, 0.2) is 5.17 Å². The van der Waals surface area contributed by atoms with Crippen molar-refractivity contribution in [3.8, 4) is 6.07 Å². The monoisotopic (exact) mass is 413 g/mol. The Labute approximate surface area is 180 Å². The van der Waals surface area contributed by atoms with Crippen molar-refractivity contribution in [1.29, 1.82) is 5.26 Å². The van der Waals surface area contributed by atoms with E-state index in [1.807, 2.05) is 23.9 Å². The molecule has 0 spiro atoms. The first kappa shape index (κ1) is 22.2. The van der Waals surface area contributed by atoms with Gasteiger partial charge in [-0.25, -0.2) is 4.99 Å². The number of ether oxygens (including phenoxy) is 1. The molecule has 3 rings (SSSR count). The van der Waals surface area contributed by atoms with Crippen molar-refractivity contribution >= 4 is 22.6 Å². The summed E-state index contributed by atoms with van der Waals surface area (Å²) in [7, 11) is 0. The predicted molar refractivity (Wildman–Crippen MR) is 123 cm³/mol. The van der Waals surface area contributed by atoms with Gasteiger partial charge in [0.05, 0.1) is 35.1 Å². The minimum absolute atomic E-state index is 0.142. The van der Waals surface area contributed by atoms with Gasteiger partial charge in [-0.2, -0.15) is 5.26 Å². The molecule has 0 radical (unpaired) electrons. The van der Waals surface area contributed by atoms with Gasteiger partial charge in [0.1, 0.15) is 0 Å². The van der Waals surface area contributed by atoms with Gasteiger partial charge in [0.2, 0.25) is 0 Å². The molecule has 0 N–H and O–H groups in total. The molecule has 1 aliphatic heterocycles. The number of hydrogen-bond acceptors (Lipinski definition) is 4. The summed E-state index contributed by atoms with van der Waals surface area (Å²) >= 11 is 1.84. The van der Waals surface area contributed by atoms with E-state index in [0.717, 1.165) is 41.6 Å². The maximum atomic E-state index is 9.49. The summed E-state index contributed by atoms with van der Waals surface area (Å²) in [6, 6.07) is 6.71. The van der Waals surface area contributed by atoms with Crippen LogP contribution in [0.25, 0.3) is 0 Å². The molecule has 2 aliphatic rings. The standard InChI is InChI=1S/C24H35N3OS/c1-16(2)14-27-22(17(3)28-24(4,5)6)15-29-23(27)26-21-12-11-18(13-25)19-9-7-8-10-20(19)21/h11-12,16-17,22H,7-10,14-15H2,1-6H3/t17?,22-/m1/s1. The highest BCUT2D eigenvalue weighted by atomic mass is 32.2. The number of aliphatic imine (C=N–C) groups is 1. The molecule has 0 amide bonds. The minimum Gasteiger partial charge on any atom is -0.371 e. The summed E-state index contributed by atoms with van der Waals surface area (Å²) in [5, 5.41) is 10.6. The minimum atomic E-state index is -0.153. The van der Waals surface area contributed by atoms with Gasteiger partial charge in [-0.1, -0.05) is 25.6 Å².